The highest BCUT2D eigenvalue weighted by Gasteiger charge is 2.34. The van der Waals surface area contributed by atoms with Crippen LogP contribution in [0.3, 0.4) is 0 Å². The quantitative estimate of drug-likeness (QED) is 0.831. The largest absolute Gasteiger partial charge is 0.496 e. The molecule has 0 aliphatic rings. The molecule has 1 aromatic rings. The van der Waals surface area contributed by atoms with Gasteiger partial charge in [0, 0.05) is 5.69 Å². The van der Waals surface area contributed by atoms with Crippen molar-refractivity contribution in [1.82, 2.24) is 0 Å². The highest BCUT2D eigenvalue weighted by molar-refractivity contribution is 5.98. The second-order valence-corrected chi connectivity index (χ2v) is 3.11. The van der Waals surface area contributed by atoms with Crippen LogP contribution in [-0.2, 0) is 11.0 Å². The molecule has 0 bridgehead atoms. The van der Waals surface area contributed by atoms with Gasteiger partial charge in [0.25, 0.3) is 0 Å². The van der Waals surface area contributed by atoms with Crippen LogP contribution in [-0.4, -0.2) is 13.0 Å². The Bertz CT molecular complexity index is 441. The first-order chi connectivity index (χ1) is 7.88. The van der Waals surface area contributed by atoms with Gasteiger partial charge in [-0.15, -0.1) is 0 Å². The molecule has 0 saturated carbocycles. The number of nitrogens with one attached hydrogen (secondary N) is 1. The number of hydrogen-bond acceptors (Lipinski definition) is 2. The molecule has 0 spiro atoms. The van der Waals surface area contributed by atoms with Crippen LogP contribution < -0.4 is 10.1 Å². The molecule has 0 saturated heterocycles. The van der Waals surface area contributed by atoms with Crippen LogP contribution in [0, 0.1) is 0 Å². The molecule has 1 N–H and O–H groups in total. The molecule has 1 rings (SSSR count). The molecule has 17 heavy (non-hydrogen) atoms. The highest BCUT2D eigenvalue weighted by Crippen LogP contribution is 2.37. The van der Waals surface area contributed by atoms with E-state index in [2.05, 4.69) is 16.6 Å². The number of alkyl halides is 3. The smallest absolute Gasteiger partial charge is 0.420 e. The average Bonchev–Trinajstić information content (AvgIpc) is 2.27. The van der Waals surface area contributed by atoms with Gasteiger partial charge in [0.15, 0.2) is 0 Å². The molecule has 1 aromatic carbocycles. The van der Waals surface area contributed by atoms with Crippen molar-refractivity contribution in [2.75, 3.05) is 12.4 Å². The topological polar surface area (TPSA) is 38.3 Å². The number of ether oxygens (including phenoxy) is 1. The molecule has 0 aromatic heterocycles. The number of methoxy groups -OCH3 is 1. The van der Waals surface area contributed by atoms with Gasteiger partial charge in [0.05, 0.1) is 12.7 Å². The summed E-state index contributed by atoms with van der Waals surface area (Å²) < 4.78 is 42.5. The Morgan fingerprint density at radius 1 is 1.47 bits per heavy atom. The van der Waals surface area contributed by atoms with Crippen LogP contribution in [0.2, 0.25) is 0 Å². The lowest BCUT2D eigenvalue weighted by Gasteiger charge is -2.13. The predicted molar refractivity (Wildman–Crippen MR) is 56.8 cm³/mol. The lowest BCUT2D eigenvalue weighted by molar-refractivity contribution is -0.138. The van der Waals surface area contributed by atoms with Crippen molar-refractivity contribution in [2.45, 2.75) is 6.18 Å². The van der Waals surface area contributed by atoms with Crippen molar-refractivity contribution in [2.24, 2.45) is 0 Å². The summed E-state index contributed by atoms with van der Waals surface area (Å²) in [6, 6.07) is 3.26. The summed E-state index contributed by atoms with van der Waals surface area (Å²) in [6.07, 6.45) is -3.57. The summed E-state index contributed by atoms with van der Waals surface area (Å²) >= 11 is 0. The van der Waals surface area contributed by atoms with E-state index >= 15 is 0 Å². The Balaban J connectivity index is 3.13. The lowest BCUT2D eigenvalue weighted by Crippen LogP contribution is -2.11. The third kappa shape index (κ3) is 3.24. The van der Waals surface area contributed by atoms with Crippen LogP contribution in [0.5, 0.6) is 5.75 Å². The Morgan fingerprint density at radius 2 is 2.12 bits per heavy atom. The Hall–Kier alpha value is -1.98. The molecule has 6 heteroatoms. The lowest BCUT2D eigenvalue weighted by atomic mass is 10.1. The third-order valence-corrected chi connectivity index (χ3v) is 1.96. The van der Waals surface area contributed by atoms with E-state index in [0.717, 1.165) is 25.3 Å². The van der Waals surface area contributed by atoms with E-state index in [-0.39, 0.29) is 11.4 Å². The number of carbonyl (C=O) groups excluding carboxylic acids is 1. The van der Waals surface area contributed by atoms with Crippen LogP contribution in [0.15, 0.2) is 30.9 Å². The molecule has 92 valence electrons. The molecular formula is C11H10F3NO2. The first kappa shape index (κ1) is 13.1. The molecule has 0 atom stereocenters. The third-order valence-electron chi connectivity index (χ3n) is 1.96. The maximum absolute atomic E-state index is 12.6. The first-order valence-electron chi connectivity index (χ1n) is 4.57. The van der Waals surface area contributed by atoms with Crippen LogP contribution in [0.25, 0.3) is 0 Å². The molecule has 0 heterocycles. The van der Waals surface area contributed by atoms with E-state index in [1.807, 2.05) is 0 Å². The first-order valence-corrected chi connectivity index (χ1v) is 4.57. The molecule has 3 nitrogen and oxygen atoms in total. The van der Waals surface area contributed by atoms with Crippen LogP contribution >= 0.6 is 0 Å². The van der Waals surface area contributed by atoms with Crippen LogP contribution in [0.4, 0.5) is 18.9 Å². The fourth-order valence-electron chi connectivity index (χ4n) is 1.20. The Morgan fingerprint density at radius 3 is 2.59 bits per heavy atom. The van der Waals surface area contributed by atoms with Gasteiger partial charge in [0.1, 0.15) is 5.75 Å². The van der Waals surface area contributed by atoms with E-state index in [1.54, 1.807) is 0 Å². The van der Waals surface area contributed by atoms with Gasteiger partial charge in [0.2, 0.25) is 5.91 Å². The second kappa shape index (κ2) is 4.90. The standard InChI is InChI=1S/C11H10F3NO2/c1-3-10(16)15-7-4-5-9(17-2)8(6-7)11(12,13)14/h3-6H,1H2,2H3,(H,15,16). The fourth-order valence-corrected chi connectivity index (χ4v) is 1.20. The van der Waals surface area contributed by atoms with Crippen molar-refractivity contribution in [1.29, 1.82) is 0 Å². The van der Waals surface area contributed by atoms with E-state index in [9.17, 15) is 18.0 Å². The number of amides is 1. The van der Waals surface area contributed by atoms with Gasteiger partial charge in [-0.1, -0.05) is 6.58 Å². The summed E-state index contributed by atoms with van der Waals surface area (Å²) in [4.78, 5) is 11.0. The molecule has 0 radical (unpaired) electrons. The number of rotatable bonds is 3. The monoisotopic (exact) mass is 245 g/mol. The minimum atomic E-state index is -4.54. The minimum absolute atomic E-state index is 0.0306. The fraction of sp³-hybridized carbons (Fsp3) is 0.182. The summed E-state index contributed by atoms with van der Waals surface area (Å²) in [5.41, 5.74) is -0.912. The number of anilines is 1. The average molecular weight is 245 g/mol. The van der Waals surface area contributed by atoms with Gasteiger partial charge in [-0.2, -0.15) is 13.2 Å². The Kier molecular flexibility index (Phi) is 3.77. The van der Waals surface area contributed by atoms with Crippen LogP contribution in [0.1, 0.15) is 5.56 Å². The molecular weight excluding hydrogens is 235 g/mol. The van der Waals surface area contributed by atoms with Gasteiger partial charge >= 0.3 is 6.18 Å². The maximum atomic E-state index is 12.6. The van der Waals surface area contributed by atoms with Gasteiger partial charge in [-0.05, 0) is 24.3 Å². The molecule has 0 fully saturated rings. The summed E-state index contributed by atoms with van der Waals surface area (Å²) in [7, 11) is 1.15. The van der Waals surface area contributed by atoms with E-state index < -0.39 is 17.6 Å². The van der Waals surface area contributed by atoms with Crippen molar-refractivity contribution >= 4 is 11.6 Å². The zero-order chi connectivity index (χ0) is 13.1. The van der Waals surface area contributed by atoms with Crippen molar-refractivity contribution in [3.8, 4) is 5.75 Å². The van der Waals surface area contributed by atoms with Gasteiger partial charge < -0.3 is 10.1 Å². The zero-order valence-electron chi connectivity index (χ0n) is 8.97. The summed E-state index contributed by atoms with van der Waals surface area (Å²) in [6.45, 7) is 3.20. The van der Waals surface area contributed by atoms with Crippen molar-refractivity contribution in [3.63, 3.8) is 0 Å². The molecule has 0 unspecified atom stereocenters. The van der Waals surface area contributed by atoms with Gasteiger partial charge in [-0.25, -0.2) is 0 Å². The summed E-state index contributed by atoms with van der Waals surface area (Å²) in [5.74, 6) is -0.877. The zero-order valence-corrected chi connectivity index (χ0v) is 8.97. The normalized spacial score (nSPS) is 10.8. The van der Waals surface area contributed by atoms with E-state index in [4.69, 9.17) is 0 Å². The molecule has 0 aliphatic heterocycles. The SMILES string of the molecule is C=CC(=O)Nc1ccc(OC)c(C(F)(F)F)c1. The van der Waals surface area contributed by atoms with Crippen molar-refractivity contribution < 1.29 is 22.7 Å². The molecule has 1 amide bonds. The van der Waals surface area contributed by atoms with Crippen molar-refractivity contribution in [3.05, 3.63) is 36.4 Å². The number of carbonyl (C=O) groups is 1. The number of halogens is 3. The second-order valence-electron chi connectivity index (χ2n) is 3.11. The van der Waals surface area contributed by atoms with E-state index in [1.165, 1.54) is 6.07 Å². The van der Waals surface area contributed by atoms with E-state index in [0.29, 0.717) is 0 Å². The highest BCUT2D eigenvalue weighted by atomic mass is 19.4. The van der Waals surface area contributed by atoms with Gasteiger partial charge in [-0.3, -0.25) is 4.79 Å². The molecule has 0 aliphatic carbocycles. The minimum Gasteiger partial charge on any atom is -0.496 e. The Labute approximate surface area is 95.9 Å². The predicted octanol–water partition coefficient (Wildman–Crippen LogP) is 2.84. The summed E-state index contributed by atoms with van der Waals surface area (Å²) in [5, 5.41) is 2.24. The maximum Gasteiger partial charge on any atom is 0.420 e. The number of hydrogen-bond donors (Lipinski definition) is 1. The number of benzene rings is 1.